The molecule has 0 radical (unpaired) electrons. The number of aromatic amines is 1. The average molecular weight is 307 g/mol. The molecule has 1 aromatic carbocycles. The van der Waals surface area contributed by atoms with Crippen LogP contribution < -0.4 is 0 Å². The van der Waals surface area contributed by atoms with Gasteiger partial charge in [0.05, 0.1) is 5.02 Å². The molecule has 0 aliphatic carbocycles. The maximum atomic E-state index is 12.3. The summed E-state index contributed by atoms with van der Waals surface area (Å²) >= 11 is 11.7. The summed E-state index contributed by atoms with van der Waals surface area (Å²) in [6.07, 6.45) is 2.07. The number of hydrogen-bond donors (Lipinski definition) is 1. The molecule has 5 heteroatoms. The molecule has 20 heavy (non-hydrogen) atoms. The van der Waals surface area contributed by atoms with Gasteiger partial charge in [-0.15, -0.1) is 0 Å². The highest BCUT2D eigenvalue weighted by Gasteiger charge is 2.23. The van der Waals surface area contributed by atoms with E-state index in [0.717, 1.165) is 11.1 Å². The lowest BCUT2D eigenvalue weighted by molar-refractivity contribution is 0.0796. The molecule has 2 aromatic rings. The first-order valence-electron chi connectivity index (χ1n) is 6.23. The van der Waals surface area contributed by atoms with Crippen LogP contribution in [0.1, 0.15) is 16.1 Å². The van der Waals surface area contributed by atoms with E-state index in [0.29, 0.717) is 29.0 Å². The number of H-pyrrole nitrogens is 1. The van der Waals surface area contributed by atoms with Crippen LogP contribution in [0.25, 0.3) is 5.57 Å². The molecule has 102 valence electrons. The fourth-order valence-electron chi connectivity index (χ4n) is 2.26. The van der Waals surface area contributed by atoms with Crippen molar-refractivity contribution in [1.82, 2.24) is 9.88 Å². The van der Waals surface area contributed by atoms with Gasteiger partial charge in [0, 0.05) is 13.1 Å². The number of halogens is 2. The molecule has 1 N–H and O–H groups in total. The fourth-order valence-corrected chi connectivity index (χ4v) is 2.57. The highest BCUT2D eigenvalue weighted by atomic mass is 35.5. The second-order valence-electron chi connectivity index (χ2n) is 4.63. The molecule has 2 heterocycles. The summed E-state index contributed by atoms with van der Waals surface area (Å²) in [5, 5.41) is 0.663. The minimum absolute atomic E-state index is 0.0963. The molecule has 0 bridgehead atoms. The lowest BCUT2D eigenvalue weighted by atomic mass is 10.1. The molecule has 0 saturated carbocycles. The topological polar surface area (TPSA) is 36.1 Å². The second-order valence-corrected chi connectivity index (χ2v) is 5.41. The Morgan fingerprint density at radius 3 is 2.60 bits per heavy atom. The van der Waals surface area contributed by atoms with Gasteiger partial charge in [0.1, 0.15) is 10.8 Å². The van der Waals surface area contributed by atoms with Crippen molar-refractivity contribution in [3.63, 3.8) is 0 Å². The molecule has 1 aliphatic rings. The van der Waals surface area contributed by atoms with E-state index in [9.17, 15) is 4.79 Å². The summed E-state index contributed by atoms with van der Waals surface area (Å²) < 4.78 is 0. The zero-order valence-electron chi connectivity index (χ0n) is 10.6. The maximum Gasteiger partial charge on any atom is 0.270 e. The Morgan fingerprint density at radius 1 is 1.20 bits per heavy atom. The summed E-state index contributed by atoms with van der Waals surface area (Å²) in [4.78, 5) is 16.9. The number of hydrogen-bond acceptors (Lipinski definition) is 1. The molecule has 1 amide bonds. The van der Waals surface area contributed by atoms with Gasteiger partial charge in [-0.2, -0.15) is 0 Å². The van der Waals surface area contributed by atoms with Gasteiger partial charge in [-0.3, -0.25) is 4.79 Å². The van der Waals surface area contributed by atoms with Crippen LogP contribution in [-0.4, -0.2) is 28.9 Å². The Kier molecular flexibility index (Phi) is 3.55. The number of nitrogens with one attached hydrogen (secondary N) is 1. The summed E-state index contributed by atoms with van der Waals surface area (Å²) in [5.74, 6) is -0.0963. The largest absolute Gasteiger partial charge is 0.340 e. The molecular weight excluding hydrogens is 295 g/mol. The van der Waals surface area contributed by atoms with Gasteiger partial charge >= 0.3 is 0 Å². The quantitative estimate of drug-likeness (QED) is 0.898. The predicted octanol–water partition coefficient (Wildman–Crippen LogP) is 3.86. The van der Waals surface area contributed by atoms with Gasteiger partial charge in [-0.1, -0.05) is 59.6 Å². The molecule has 0 fully saturated rings. The molecule has 1 aromatic heterocycles. The highest BCUT2D eigenvalue weighted by Crippen LogP contribution is 2.25. The van der Waals surface area contributed by atoms with E-state index in [2.05, 4.69) is 11.1 Å². The molecule has 3 rings (SSSR count). The smallest absolute Gasteiger partial charge is 0.270 e. The maximum absolute atomic E-state index is 12.3. The number of benzene rings is 1. The van der Waals surface area contributed by atoms with E-state index in [1.807, 2.05) is 30.3 Å². The first kappa shape index (κ1) is 13.3. The van der Waals surface area contributed by atoms with Crippen molar-refractivity contribution < 1.29 is 4.79 Å². The van der Waals surface area contributed by atoms with Crippen molar-refractivity contribution >= 4 is 34.7 Å². The molecular formula is C15H12Cl2N2O. The Balaban J connectivity index is 1.74. The van der Waals surface area contributed by atoms with E-state index in [4.69, 9.17) is 23.2 Å². The highest BCUT2D eigenvalue weighted by molar-refractivity contribution is 6.41. The Labute approximate surface area is 126 Å². The molecule has 0 atom stereocenters. The molecule has 0 saturated heterocycles. The number of nitrogens with zero attached hydrogens (tertiary/aromatic N) is 1. The summed E-state index contributed by atoms with van der Waals surface area (Å²) in [7, 11) is 0. The minimum Gasteiger partial charge on any atom is -0.340 e. The first-order chi connectivity index (χ1) is 9.65. The lowest BCUT2D eigenvalue weighted by Crippen LogP contribution is -2.29. The van der Waals surface area contributed by atoms with Gasteiger partial charge in [0.25, 0.3) is 5.91 Å². The zero-order valence-corrected chi connectivity index (χ0v) is 12.1. The molecule has 0 spiro atoms. The normalized spacial score (nSPS) is 14.5. The van der Waals surface area contributed by atoms with Crippen molar-refractivity contribution in [3.8, 4) is 0 Å². The van der Waals surface area contributed by atoms with Gasteiger partial charge < -0.3 is 9.88 Å². The third kappa shape index (κ3) is 2.47. The van der Waals surface area contributed by atoms with Crippen molar-refractivity contribution in [2.75, 3.05) is 13.1 Å². The van der Waals surface area contributed by atoms with E-state index in [1.54, 1.807) is 11.0 Å². The third-order valence-corrected chi connectivity index (χ3v) is 4.00. The van der Waals surface area contributed by atoms with E-state index in [-0.39, 0.29) is 5.91 Å². The van der Waals surface area contributed by atoms with E-state index in [1.165, 1.54) is 0 Å². The second kappa shape index (κ2) is 5.35. The van der Waals surface area contributed by atoms with Crippen LogP contribution in [0.5, 0.6) is 0 Å². The van der Waals surface area contributed by atoms with Gasteiger partial charge in [-0.25, -0.2) is 0 Å². The van der Waals surface area contributed by atoms with Crippen LogP contribution in [0.15, 0.2) is 42.5 Å². The molecule has 0 unspecified atom stereocenters. The molecule has 1 aliphatic heterocycles. The predicted molar refractivity (Wildman–Crippen MR) is 81.1 cm³/mol. The Morgan fingerprint density at radius 2 is 1.95 bits per heavy atom. The van der Waals surface area contributed by atoms with Gasteiger partial charge in [0.15, 0.2) is 0 Å². The van der Waals surface area contributed by atoms with Crippen molar-refractivity contribution in [2.45, 2.75) is 0 Å². The van der Waals surface area contributed by atoms with Crippen molar-refractivity contribution in [1.29, 1.82) is 0 Å². The number of rotatable bonds is 2. The van der Waals surface area contributed by atoms with E-state index >= 15 is 0 Å². The van der Waals surface area contributed by atoms with Crippen LogP contribution in [0.4, 0.5) is 0 Å². The summed E-state index contributed by atoms with van der Waals surface area (Å²) in [6.45, 7) is 1.19. The minimum atomic E-state index is -0.0963. The molecule has 3 nitrogen and oxygen atoms in total. The standard InChI is InChI=1S/C15H12Cl2N2O/c16-12-8-13(18-14(12)17)15(20)19-7-6-11(9-19)10-4-2-1-3-5-10/h1-6,8,18H,7,9H2. The SMILES string of the molecule is O=C(c1cc(Cl)c(Cl)[nH]1)N1CC=C(c2ccccc2)C1. The zero-order chi connectivity index (χ0) is 14.1. The van der Waals surface area contributed by atoms with Crippen LogP contribution >= 0.6 is 23.2 Å². The Bertz CT molecular complexity index is 657. The number of carbonyl (C=O) groups is 1. The average Bonchev–Trinajstić information content (AvgIpc) is 3.07. The Hall–Kier alpha value is -1.71. The van der Waals surface area contributed by atoms with Crippen LogP contribution in [0.2, 0.25) is 10.2 Å². The monoisotopic (exact) mass is 306 g/mol. The summed E-state index contributed by atoms with van der Waals surface area (Å²) in [6, 6.07) is 11.6. The lowest BCUT2D eigenvalue weighted by Gasteiger charge is -2.15. The third-order valence-electron chi connectivity index (χ3n) is 3.31. The number of carbonyl (C=O) groups excluding carboxylic acids is 1. The van der Waals surface area contributed by atoms with E-state index < -0.39 is 0 Å². The van der Waals surface area contributed by atoms with Crippen LogP contribution in [0.3, 0.4) is 0 Å². The van der Waals surface area contributed by atoms with Crippen molar-refractivity contribution in [3.05, 3.63) is 63.9 Å². The van der Waals surface area contributed by atoms with Crippen LogP contribution in [0, 0.1) is 0 Å². The van der Waals surface area contributed by atoms with Gasteiger partial charge in [-0.05, 0) is 17.2 Å². The number of aromatic nitrogens is 1. The summed E-state index contributed by atoms with van der Waals surface area (Å²) in [5.41, 5.74) is 2.72. The first-order valence-corrected chi connectivity index (χ1v) is 6.98. The number of amides is 1. The van der Waals surface area contributed by atoms with Crippen molar-refractivity contribution in [2.24, 2.45) is 0 Å². The van der Waals surface area contributed by atoms with Crippen LogP contribution in [-0.2, 0) is 0 Å². The van der Waals surface area contributed by atoms with Gasteiger partial charge in [0.2, 0.25) is 0 Å². The fraction of sp³-hybridized carbons (Fsp3) is 0.133.